The van der Waals surface area contributed by atoms with Crippen LogP contribution < -0.4 is 9.47 Å². The van der Waals surface area contributed by atoms with E-state index in [0.29, 0.717) is 25.8 Å². The van der Waals surface area contributed by atoms with Crippen molar-refractivity contribution in [3.05, 3.63) is 351 Å². The number of fused-ring (bicyclic) bond motifs is 8. The van der Waals surface area contributed by atoms with Gasteiger partial charge in [0.1, 0.15) is 18.1 Å². The first-order chi connectivity index (χ1) is 50.9. The van der Waals surface area contributed by atoms with Crippen LogP contribution in [0.1, 0.15) is 30.9 Å². The molecule has 0 fully saturated rings. The Labute approximate surface area is 645 Å². The third-order valence-electron chi connectivity index (χ3n) is 18.7. The van der Waals surface area contributed by atoms with Crippen molar-refractivity contribution in [2.45, 2.75) is 19.8 Å². The Hall–Kier alpha value is -10.2. The Morgan fingerprint density at radius 1 is 0.269 bits per heavy atom. The van der Waals surface area contributed by atoms with E-state index < -0.39 is 0 Å². The SMILES string of the molecule is CC(=S)CCCOc1ccc(-c2c3ccccc3cc3ccccc23)cc1.S=C(S)COc1ccc(-c2c3ccccc3cc3ccccc23)cc1.S=C(S)c1ccc(-c2c3ccccc3cc3ccccc23)cc1.S=C(S)c1ccc(-c2ccc(-c3c4ccccc4cc4ccccc34)cc2)cc1. The van der Waals surface area contributed by atoms with Crippen LogP contribution in [0.4, 0.5) is 0 Å². The minimum atomic E-state index is 0.342. The molecule has 0 amide bonds. The van der Waals surface area contributed by atoms with Gasteiger partial charge in [-0.25, -0.2) is 0 Å². The smallest absolute Gasteiger partial charge is 0.129 e. The van der Waals surface area contributed by atoms with Crippen molar-refractivity contribution in [2.24, 2.45) is 0 Å². The molecule has 17 aromatic rings. The topological polar surface area (TPSA) is 18.5 Å². The fourth-order valence-corrected chi connectivity index (χ4v) is 14.6. The molecule has 17 aromatic carbocycles. The molecule has 17 rings (SSSR count). The minimum Gasteiger partial charge on any atom is -0.494 e. The van der Waals surface area contributed by atoms with Gasteiger partial charge in [0, 0.05) is 0 Å². The minimum absolute atomic E-state index is 0.342. The average molecular weight is 1470 g/mol. The van der Waals surface area contributed by atoms with Crippen LogP contribution in [-0.4, -0.2) is 30.7 Å². The Morgan fingerprint density at radius 3 is 0.740 bits per heavy atom. The molecule has 504 valence electrons. The number of benzene rings is 17. The highest BCUT2D eigenvalue weighted by atomic mass is 32.1. The Balaban J connectivity index is 0.000000117. The number of thiocarbonyl (C=S) groups is 4. The number of rotatable bonds is 15. The van der Waals surface area contributed by atoms with Crippen LogP contribution >= 0.6 is 86.8 Å². The van der Waals surface area contributed by atoms with Gasteiger partial charge in [-0.15, -0.1) is 37.9 Å². The Kier molecular flexibility index (Phi) is 22.5. The van der Waals surface area contributed by atoms with Gasteiger partial charge in [0.25, 0.3) is 0 Å². The van der Waals surface area contributed by atoms with Crippen molar-refractivity contribution in [2.75, 3.05) is 13.2 Å². The van der Waals surface area contributed by atoms with Gasteiger partial charge in [0.2, 0.25) is 0 Å². The highest BCUT2D eigenvalue weighted by Gasteiger charge is 2.15. The van der Waals surface area contributed by atoms with Crippen LogP contribution in [0.3, 0.4) is 0 Å². The first-order valence-corrected chi connectivity index (χ1v) is 37.4. The zero-order chi connectivity index (χ0) is 71.5. The van der Waals surface area contributed by atoms with Gasteiger partial charge in [-0.3, -0.25) is 0 Å². The van der Waals surface area contributed by atoms with Gasteiger partial charge in [-0.05, 0) is 226 Å². The molecule has 0 bridgehead atoms. The molecule has 0 aromatic heterocycles. The van der Waals surface area contributed by atoms with Crippen LogP contribution in [0.2, 0.25) is 0 Å². The lowest BCUT2D eigenvalue weighted by molar-refractivity contribution is 0.314. The molecular weight excluding hydrogens is 1400 g/mol. The van der Waals surface area contributed by atoms with Crippen LogP contribution in [0.25, 0.3) is 142 Å². The van der Waals surface area contributed by atoms with E-state index in [1.807, 2.05) is 43.3 Å². The van der Waals surface area contributed by atoms with Gasteiger partial charge in [-0.2, -0.15) is 0 Å². The number of hydrogen-bond donors (Lipinski definition) is 3. The van der Waals surface area contributed by atoms with Gasteiger partial charge in [0.05, 0.1) is 19.2 Å². The summed E-state index contributed by atoms with van der Waals surface area (Å²) in [4.78, 5) is 1.04. The molecule has 0 heterocycles. The first-order valence-electron chi connectivity index (χ1n) is 34.5. The molecule has 0 aliphatic rings. The van der Waals surface area contributed by atoms with Gasteiger partial charge in [0.15, 0.2) is 0 Å². The quantitative estimate of drug-likeness (QED) is 0.0408. The maximum absolute atomic E-state index is 5.86. The van der Waals surface area contributed by atoms with Crippen LogP contribution in [0, 0.1) is 0 Å². The van der Waals surface area contributed by atoms with E-state index in [9.17, 15) is 0 Å². The molecule has 0 spiro atoms. The molecule has 0 aliphatic heterocycles. The lowest BCUT2D eigenvalue weighted by atomic mass is 9.91. The molecule has 0 N–H and O–H groups in total. The van der Waals surface area contributed by atoms with E-state index in [2.05, 4.69) is 341 Å². The summed E-state index contributed by atoms with van der Waals surface area (Å²) < 4.78 is 13.3. The van der Waals surface area contributed by atoms with Crippen LogP contribution in [0.15, 0.2) is 340 Å². The van der Waals surface area contributed by atoms with E-state index in [0.717, 1.165) is 40.3 Å². The second-order valence-electron chi connectivity index (χ2n) is 25.5. The van der Waals surface area contributed by atoms with E-state index in [4.69, 9.17) is 58.3 Å². The van der Waals surface area contributed by atoms with E-state index in [-0.39, 0.29) is 0 Å². The molecule has 104 heavy (non-hydrogen) atoms. The molecule has 0 aliphatic carbocycles. The second-order valence-corrected chi connectivity index (χ2v) is 29.9. The highest BCUT2D eigenvalue weighted by Crippen LogP contribution is 2.42. The van der Waals surface area contributed by atoms with Crippen molar-refractivity contribution in [1.82, 2.24) is 0 Å². The van der Waals surface area contributed by atoms with Crippen molar-refractivity contribution in [3.8, 4) is 67.1 Å². The lowest BCUT2D eigenvalue weighted by Crippen LogP contribution is -2.02. The van der Waals surface area contributed by atoms with Crippen LogP contribution in [-0.2, 0) is 0 Å². The van der Waals surface area contributed by atoms with Crippen LogP contribution in [0.5, 0.6) is 11.5 Å². The third-order valence-corrected chi connectivity index (χ3v) is 20.2. The standard InChI is InChI=1S/C27H18S2.C25H22OS.C22H16OS2.C21H14S2/c28-27(29)21-15-11-19(12-16-21)18-9-13-20(14-10-18)26-24-7-3-1-5-22(24)17-23-6-2-4-8-25(23)26;1-18(27)7-6-16-26-22-14-12-19(13-15-22)25-23-10-4-2-8-20(23)17-21-9-3-5-11-24(21)25;24-21(25)14-23-18-11-9-15(10-12-18)22-19-7-3-1-5-16(19)13-17-6-2-4-8-20(17)22;22-21(23)15-11-9-14(10-12-15)20-18-7-3-1-5-16(18)13-17-6-2-4-8-19(17)20/h1-17H,(H,28,29);2-5,8-15,17H,6-7,16H2,1H3;1-13H,14H2,(H,24,25);1-13H,(H,22,23). The predicted octanol–water partition coefficient (Wildman–Crippen LogP) is 27.7. The van der Waals surface area contributed by atoms with Crippen molar-refractivity contribution < 1.29 is 9.47 Å². The van der Waals surface area contributed by atoms with E-state index in [1.54, 1.807) is 0 Å². The number of thiol groups is 3. The van der Waals surface area contributed by atoms with Crippen molar-refractivity contribution in [1.29, 1.82) is 0 Å². The molecule has 0 unspecified atom stereocenters. The molecule has 0 radical (unpaired) electrons. The Bertz CT molecular complexity index is 5820. The highest BCUT2D eigenvalue weighted by molar-refractivity contribution is 8.12. The summed E-state index contributed by atoms with van der Waals surface area (Å²) in [5, 5.41) is 20.3. The average Bonchev–Trinajstić information content (AvgIpc) is 0.784. The van der Waals surface area contributed by atoms with Crippen molar-refractivity contribution >= 4 is 190 Å². The summed E-state index contributed by atoms with van der Waals surface area (Å²) in [6.45, 7) is 3.03. The van der Waals surface area contributed by atoms with Gasteiger partial charge >= 0.3 is 0 Å². The van der Waals surface area contributed by atoms with Gasteiger partial charge in [-0.1, -0.05) is 340 Å². The van der Waals surface area contributed by atoms with E-state index >= 15 is 0 Å². The largest absolute Gasteiger partial charge is 0.494 e. The third kappa shape index (κ3) is 16.3. The maximum atomic E-state index is 5.86. The number of hydrogen-bond acceptors (Lipinski definition) is 6. The fourth-order valence-electron chi connectivity index (χ4n) is 13.8. The van der Waals surface area contributed by atoms with Gasteiger partial charge < -0.3 is 9.47 Å². The first kappa shape index (κ1) is 70.8. The summed E-state index contributed by atoms with van der Waals surface area (Å²) in [5.41, 5.74) is 14.2. The van der Waals surface area contributed by atoms with E-state index in [1.165, 1.54) is 142 Å². The lowest BCUT2D eigenvalue weighted by Gasteiger charge is -2.13. The summed E-state index contributed by atoms with van der Waals surface area (Å²) in [7, 11) is 0. The molecule has 9 heteroatoms. The molecule has 0 atom stereocenters. The maximum Gasteiger partial charge on any atom is 0.129 e. The molecule has 2 nitrogen and oxygen atoms in total. The summed E-state index contributed by atoms with van der Waals surface area (Å²) in [6.07, 6.45) is 1.90. The fraction of sp³-hybridized carbons (Fsp3) is 0.0526. The normalized spacial score (nSPS) is 11.0. The summed E-state index contributed by atoms with van der Waals surface area (Å²) >= 11 is 32.9. The number of ether oxygens (including phenoxy) is 2. The van der Waals surface area contributed by atoms with Crippen molar-refractivity contribution in [3.63, 3.8) is 0 Å². The Morgan fingerprint density at radius 2 is 0.490 bits per heavy atom. The summed E-state index contributed by atoms with van der Waals surface area (Å²) in [5.74, 6) is 1.70. The zero-order valence-electron chi connectivity index (χ0n) is 57.0. The molecular formula is C95H70O2S7. The molecule has 0 saturated heterocycles. The predicted molar refractivity (Wildman–Crippen MR) is 474 cm³/mol. The summed E-state index contributed by atoms with van der Waals surface area (Å²) in [6, 6.07) is 120. The second kappa shape index (κ2) is 33.1. The zero-order valence-corrected chi connectivity index (χ0v) is 62.9. The monoisotopic (exact) mass is 1470 g/mol. The molecule has 0 saturated carbocycles.